The highest BCUT2D eigenvalue weighted by Crippen LogP contribution is 2.36. The monoisotopic (exact) mass is 317 g/mol. The summed E-state index contributed by atoms with van der Waals surface area (Å²) in [6.45, 7) is 1.28. The number of hydrogen-bond donors (Lipinski definition) is 2. The van der Waals surface area contributed by atoms with Crippen LogP contribution in [0, 0.1) is 0 Å². The van der Waals surface area contributed by atoms with Crippen LogP contribution in [0.25, 0.3) is 33.1 Å². The zero-order chi connectivity index (χ0) is 16.1. The summed E-state index contributed by atoms with van der Waals surface area (Å²) in [7, 11) is 0. The number of ether oxygens (including phenoxy) is 1. The minimum absolute atomic E-state index is 0.254. The molecule has 5 rings (SSSR count). The molecular weight excluding hydrogens is 302 g/mol. The maximum absolute atomic E-state index is 9.55. The summed E-state index contributed by atoms with van der Waals surface area (Å²) in [6, 6.07) is 11.2. The standard InChI is InChI=1S/C19H15N3O2/c23-12-3-1-11(2-4-12)19-15-10-24-8-7-13(15)18-14-9-20-22-16(14)5-6-17(18)21-19/h1-6,9,23H,7-8,10H2,(H,20,22). The molecule has 0 aliphatic carbocycles. The van der Waals surface area contributed by atoms with Crippen molar-refractivity contribution in [3.63, 3.8) is 0 Å². The lowest BCUT2D eigenvalue weighted by molar-refractivity contribution is 0.111. The maximum atomic E-state index is 9.55. The molecule has 0 atom stereocenters. The number of nitrogens with one attached hydrogen (secondary N) is 1. The molecule has 1 aliphatic heterocycles. The molecule has 0 radical (unpaired) electrons. The molecule has 0 fully saturated rings. The summed E-state index contributed by atoms with van der Waals surface area (Å²) in [5.41, 5.74) is 6.33. The average Bonchev–Trinajstić information content (AvgIpc) is 3.10. The molecule has 0 spiro atoms. The molecule has 3 heterocycles. The number of aromatic nitrogens is 3. The smallest absolute Gasteiger partial charge is 0.115 e. The van der Waals surface area contributed by atoms with Crippen LogP contribution in [0.15, 0.2) is 42.6 Å². The Bertz CT molecular complexity index is 1070. The Labute approximate surface area is 137 Å². The van der Waals surface area contributed by atoms with Crippen LogP contribution in [0.3, 0.4) is 0 Å². The van der Waals surface area contributed by atoms with Crippen LogP contribution in [-0.2, 0) is 17.8 Å². The highest BCUT2D eigenvalue weighted by Gasteiger charge is 2.21. The molecule has 4 aromatic rings. The third-order valence-electron chi connectivity index (χ3n) is 4.67. The second-order valence-corrected chi connectivity index (χ2v) is 6.06. The van der Waals surface area contributed by atoms with Crippen molar-refractivity contribution in [3.8, 4) is 17.0 Å². The summed E-state index contributed by atoms with van der Waals surface area (Å²) in [4.78, 5) is 4.91. The molecule has 118 valence electrons. The minimum Gasteiger partial charge on any atom is -0.508 e. The maximum Gasteiger partial charge on any atom is 0.115 e. The number of fused-ring (bicyclic) bond motifs is 5. The molecule has 2 N–H and O–H groups in total. The van der Waals surface area contributed by atoms with Crippen LogP contribution in [0.5, 0.6) is 5.75 Å². The van der Waals surface area contributed by atoms with E-state index in [4.69, 9.17) is 9.72 Å². The Hall–Kier alpha value is -2.92. The van der Waals surface area contributed by atoms with Gasteiger partial charge in [-0.05, 0) is 48.4 Å². The van der Waals surface area contributed by atoms with Crippen molar-refractivity contribution < 1.29 is 9.84 Å². The van der Waals surface area contributed by atoms with Crippen molar-refractivity contribution in [2.45, 2.75) is 13.0 Å². The van der Waals surface area contributed by atoms with E-state index in [1.807, 2.05) is 30.5 Å². The number of phenols is 1. The minimum atomic E-state index is 0.254. The Morgan fingerprint density at radius 1 is 1.04 bits per heavy atom. The van der Waals surface area contributed by atoms with Crippen molar-refractivity contribution in [2.75, 3.05) is 6.61 Å². The molecule has 2 aromatic heterocycles. The molecule has 0 bridgehead atoms. The van der Waals surface area contributed by atoms with E-state index >= 15 is 0 Å². The summed E-state index contributed by atoms with van der Waals surface area (Å²) in [6.07, 6.45) is 2.74. The first-order valence-corrected chi connectivity index (χ1v) is 7.96. The van der Waals surface area contributed by atoms with Gasteiger partial charge in [0.05, 0.1) is 36.1 Å². The van der Waals surface area contributed by atoms with E-state index in [1.54, 1.807) is 12.1 Å². The number of rotatable bonds is 1. The van der Waals surface area contributed by atoms with Crippen LogP contribution >= 0.6 is 0 Å². The van der Waals surface area contributed by atoms with E-state index in [0.717, 1.165) is 46.3 Å². The highest BCUT2D eigenvalue weighted by atomic mass is 16.5. The number of aromatic hydroxyl groups is 1. The van der Waals surface area contributed by atoms with Crippen LogP contribution < -0.4 is 0 Å². The molecule has 2 aromatic carbocycles. The molecule has 0 unspecified atom stereocenters. The number of nitrogens with zero attached hydrogens (tertiary/aromatic N) is 2. The molecule has 5 nitrogen and oxygen atoms in total. The van der Waals surface area contributed by atoms with Crippen molar-refractivity contribution >= 4 is 21.8 Å². The van der Waals surface area contributed by atoms with Crippen LogP contribution in [0.1, 0.15) is 11.1 Å². The van der Waals surface area contributed by atoms with Gasteiger partial charge in [0, 0.05) is 21.9 Å². The second-order valence-electron chi connectivity index (χ2n) is 6.06. The van der Waals surface area contributed by atoms with Crippen LogP contribution in [0.4, 0.5) is 0 Å². The van der Waals surface area contributed by atoms with Crippen LogP contribution in [-0.4, -0.2) is 26.9 Å². The molecule has 0 amide bonds. The molecular formula is C19H15N3O2. The molecule has 0 saturated carbocycles. The Balaban J connectivity index is 1.88. The fraction of sp³-hybridized carbons (Fsp3) is 0.158. The zero-order valence-corrected chi connectivity index (χ0v) is 12.9. The predicted octanol–water partition coefficient (Wildman–Crippen LogP) is 3.56. The van der Waals surface area contributed by atoms with E-state index in [9.17, 15) is 5.11 Å². The van der Waals surface area contributed by atoms with Crippen molar-refractivity contribution in [1.29, 1.82) is 0 Å². The lowest BCUT2D eigenvalue weighted by Gasteiger charge is -2.22. The molecule has 0 saturated heterocycles. The third-order valence-corrected chi connectivity index (χ3v) is 4.67. The van der Waals surface area contributed by atoms with Crippen molar-refractivity contribution in [1.82, 2.24) is 15.2 Å². The molecule has 1 aliphatic rings. The fourth-order valence-corrected chi connectivity index (χ4v) is 3.54. The topological polar surface area (TPSA) is 71.0 Å². The second kappa shape index (κ2) is 5.04. The first-order valence-electron chi connectivity index (χ1n) is 7.96. The first kappa shape index (κ1) is 13.5. The SMILES string of the molecule is Oc1ccc(-c2nc3ccc4[nH]ncc4c3c3c2COCC3)cc1. The Morgan fingerprint density at radius 3 is 2.79 bits per heavy atom. The van der Waals surface area contributed by atoms with Crippen molar-refractivity contribution in [2.24, 2.45) is 0 Å². The Kier molecular flexibility index (Phi) is 2.84. The fourth-order valence-electron chi connectivity index (χ4n) is 3.54. The summed E-state index contributed by atoms with van der Waals surface area (Å²) in [5.74, 6) is 0.254. The summed E-state index contributed by atoms with van der Waals surface area (Å²) >= 11 is 0. The number of pyridine rings is 1. The van der Waals surface area contributed by atoms with Gasteiger partial charge in [0.25, 0.3) is 0 Å². The zero-order valence-electron chi connectivity index (χ0n) is 12.9. The van der Waals surface area contributed by atoms with Gasteiger partial charge in [0.2, 0.25) is 0 Å². The first-order chi connectivity index (χ1) is 11.8. The Morgan fingerprint density at radius 2 is 1.92 bits per heavy atom. The number of phenolic OH excluding ortho intramolecular Hbond substituents is 1. The lowest BCUT2D eigenvalue weighted by Crippen LogP contribution is -2.13. The lowest BCUT2D eigenvalue weighted by atomic mass is 9.92. The van der Waals surface area contributed by atoms with E-state index in [2.05, 4.69) is 10.2 Å². The van der Waals surface area contributed by atoms with E-state index in [-0.39, 0.29) is 5.75 Å². The van der Waals surface area contributed by atoms with Crippen LogP contribution in [0.2, 0.25) is 0 Å². The van der Waals surface area contributed by atoms with E-state index < -0.39 is 0 Å². The number of aromatic amines is 1. The van der Waals surface area contributed by atoms with Gasteiger partial charge < -0.3 is 9.84 Å². The number of benzene rings is 2. The van der Waals surface area contributed by atoms with Gasteiger partial charge in [-0.3, -0.25) is 5.10 Å². The van der Waals surface area contributed by atoms with Gasteiger partial charge in [0.1, 0.15) is 5.75 Å². The largest absolute Gasteiger partial charge is 0.508 e. The van der Waals surface area contributed by atoms with E-state index in [0.29, 0.717) is 6.61 Å². The number of H-pyrrole nitrogens is 1. The van der Waals surface area contributed by atoms with Gasteiger partial charge in [0.15, 0.2) is 0 Å². The normalized spacial score (nSPS) is 14.2. The molecule has 24 heavy (non-hydrogen) atoms. The summed E-state index contributed by atoms with van der Waals surface area (Å²) in [5, 5.41) is 19.0. The van der Waals surface area contributed by atoms with Crippen molar-refractivity contribution in [3.05, 3.63) is 53.7 Å². The quantitative estimate of drug-likeness (QED) is 0.563. The predicted molar refractivity (Wildman–Crippen MR) is 91.9 cm³/mol. The highest BCUT2D eigenvalue weighted by molar-refractivity contribution is 6.07. The average molecular weight is 317 g/mol. The summed E-state index contributed by atoms with van der Waals surface area (Å²) < 4.78 is 5.71. The van der Waals surface area contributed by atoms with Gasteiger partial charge >= 0.3 is 0 Å². The van der Waals surface area contributed by atoms with Gasteiger partial charge in [-0.25, -0.2) is 4.98 Å². The van der Waals surface area contributed by atoms with Gasteiger partial charge in [-0.1, -0.05) is 0 Å². The van der Waals surface area contributed by atoms with Gasteiger partial charge in [-0.2, -0.15) is 5.10 Å². The van der Waals surface area contributed by atoms with Gasteiger partial charge in [-0.15, -0.1) is 0 Å². The van der Waals surface area contributed by atoms with E-state index in [1.165, 1.54) is 10.9 Å². The number of hydrogen-bond acceptors (Lipinski definition) is 4. The third kappa shape index (κ3) is 1.91. The molecule has 5 heteroatoms.